The maximum Gasteiger partial charge on any atom is 0.306 e. The average Bonchev–Trinajstić information content (AvgIpc) is 2.46. The average molecular weight is 311 g/mol. The number of hydrogen-bond acceptors (Lipinski definition) is 5. The molecule has 0 aromatic carbocycles. The second-order valence-electron chi connectivity index (χ2n) is 6.39. The minimum atomic E-state index is -0.624. The van der Waals surface area contributed by atoms with Crippen LogP contribution in [-0.2, 0) is 19.1 Å². The molecule has 22 heavy (non-hydrogen) atoms. The van der Waals surface area contributed by atoms with Crippen LogP contribution in [0.25, 0.3) is 0 Å². The van der Waals surface area contributed by atoms with Gasteiger partial charge >= 0.3 is 5.97 Å². The van der Waals surface area contributed by atoms with E-state index in [2.05, 4.69) is 17.6 Å². The highest BCUT2D eigenvalue weighted by Gasteiger charge is 2.41. The van der Waals surface area contributed by atoms with Crippen molar-refractivity contribution in [2.24, 2.45) is 17.6 Å². The zero-order valence-electron chi connectivity index (χ0n) is 13.1. The third-order valence-electron chi connectivity index (χ3n) is 4.65. The molecule has 5 atom stereocenters. The number of nitrogens with one attached hydrogen (secondary N) is 2. The van der Waals surface area contributed by atoms with Gasteiger partial charge in [-0.1, -0.05) is 6.92 Å². The molecule has 2 aliphatic rings. The Morgan fingerprint density at radius 2 is 2.14 bits per heavy atom. The summed E-state index contributed by atoms with van der Waals surface area (Å²) in [6, 6.07) is -0.648. The summed E-state index contributed by atoms with van der Waals surface area (Å²) in [5.74, 6) is -0.0167. The van der Waals surface area contributed by atoms with Crippen LogP contribution in [0.15, 0.2) is 0 Å². The number of amides is 2. The Labute approximate surface area is 130 Å². The first kappa shape index (κ1) is 16.7. The first-order chi connectivity index (χ1) is 10.4. The predicted molar refractivity (Wildman–Crippen MR) is 79.6 cm³/mol. The summed E-state index contributed by atoms with van der Waals surface area (Å²) in [6.45, 7) is 3.57. The van der Waals surface area contributed by atoms with Crippen LogP contribution < -0.4 is 16.4 Å². The summed E-state index contributed by atoms with van der Waals surface area (Å²) in [4.78, 5) is 34.8. The Morgan fingerprint density at radius 1 is 1.41 bits per heavy atom. The van der Waals surface area contributed by atoms with E-state index >= 15 is 0 Å². The minimum Gasteiger partial charge on any atom is -0.462 e. The van der Waals surface area contributed by atoms with E-state index in [4.69, 9.17) is 10.5 Å². The Hall–Kier alpha value is -1.63. The lowest BCUT2D eigenvalue weighted by molar-refractivity contribution is -0.166. The van der Waals surface area contributed by atoms with Gasteiger partial charge in [-0.15, -0.1) is 0 Å². The van der Waals surface area contributed by atoms with Gasteiger partial charge in [0.25, 0.3) is 0 Å². The number of fused-ring (bicyclic) bond motifs is 1. The number of rotatable bonds is 4. The van der Waals surface area contributed by atoms with Gasteiger partial charge in [0.1, 0.15) is 12.1 Å². The number of ether oxygens (including phenoxy) is 1. The zero-order valence-corrected chi connectivity index (χ0v) is 13.1. The van der Waals surface area contributed by atoms with Crippen molar-refractivity contribution in [1.82, 2.24) is 10.6 Å². The number of carbonyl (C=O) groups excluding carboxylic acids is 3. The van der Waals surface area contributed by atoms with Crippen molar-refractivity contribution in [3.8, 4) is 0 Å². The maximum absolute atomic E-state index is 12.1. The van der Waals surface area contributed by atoms with E-state index in [1.54, 1.807) is 6.92 Å². The Kier molecular flexibility index (Phi) is 5.39. The minimum absolute atomic E-state index is 0.0240. The van der Waals surface area contributed by atoms with E-state index in [1.807, 2.05) is 0 Å². The van der Waals surface area contributed by atoms with Crippen molar-refractivity contribution in [2.75, 3.05) is 6.54 Å². The first-order valence-corrected chi connectivity index (χ1v) is 7.90. The molecule has 2 fully saturated rings. The lowest BCUT2D eigenvalue weighted by Gasteiger charge is -2.42. The Balaban J connectivity index is 1.85. The monoisotopic (exact) mass is 311 g/mol. The molecule has 0 aromatic rings. The fourth-order valence-corrected chi connectivity index (χ4v) is 3.39. The molecule has 2 amide bonds. The Morgan fingerprint density at radius 3 is 2.82 bits per heavy atom. The van der Waals surface area contributed by atoms with E-state index in [1.165, 1.54) is 0 Å². The van der Waals surface area contributed by atoms with Gasteiger partial charge in [0, 0.05) is 18.9 Å². The van der Waals surface area contributed by atoms with Crippen LogP contribution in [0, 0.1) is 11.8 Å². The van der Waals surface area contributed by atoms with Gasteiger partial charge in [-0.05, 0) is 31.6 Å². The van der Waals surface area contributed by atoms with Crippen molar-refractivity contribution in [1.29, 1.82) is 0 Å². The summed E-state index contributed by atoms with van der Waals surface area (Å²) < 4.78 is 5.44. The number of hydrogen-bond donors (Lipinski definition) is 3. The highest BCUT2D eigenvalue weighted by Crippen LogP contribution is 2.37. The summed E-state index contributed by atoms with van der Waals surface area (Å²) in [7, 11) is 0. The van der Waals surface area contributed by atoms with Gasteiger partial charge in [-0.2, -0.15) is 0 Å². The molecule has 1 aliphatic heterocycles. The van der Waals surface area contributed by atoms with Crippen LogP contribution in [-0.4, -0.2) is 42.5 Å². The van der Waals surface area contributed by atoms with Gasteiger partial charge < -0.3 is 21.1 Å². The van der Waals surface area contributed by atoms with E-state index in [-0.39, 0.29) is 36.5 Å². The van der Waals surface area contributed by atoms with E-state index in [9.17, 15) is 14.4 Å². The lowest BCUT2D eigenvalue weighted by atomic mass is 9.74. The van der Waals surface area contributed by atoms with E-state index in [0.29, 0.717) is 24.7 Å². The number of esters is 1. The summed E-state index contributed by atoms with van der Waals surface area (Å²) in [5, 5.41) is 5.45. The molecule has 0 radical (unpaired) electrons. The van der Waals surface area contributed by atoms with Gasteiger partial charge in [0.05, 0.1) is 6.54 Å². The predicted octanol–water partition coefficient (Wildman–Crippen LogP) is -0.314. The number of nitrogens with two attached hydrogens (primary N) is 1. The zero-order chi connectivity index (χ0) is 16.3. The third kappa shape index (κ3) is 3.97. The quantitative estimate of drug-likeness (QED) is 0.617. The van der Waals surface area contributed by atoms with Gasteiger partial charge in [0.2, 0.25) is 11.8 Å². The maximum atomic E-state index is 12.1. The summed E-state index contributed by atoms with van der Waals surface area (Å²) >= 11 is 0. The molecule has 0 aromatic heterocycles. The van der Waals surface area contributed by atoms with Gasteiger partial charge in [-0.25, -0.2) is 0 Å². The van der Waals surface area contributed by atoms with Crippen LogP contribution in [0.2, 0.25) is 0 Å². The standard InChI is InChI=1S/C15H25N3O4/c1-8-5-14(20)22-12-6-10(3-4-11(8)12)18-15(21)9(2)17-13(19)7-16/h8-12H,3-7,16H2,1-2H3,(H,17,19)(H,18,21). The Bertz CT molecular complexity index is 454. The first-order valence-electron chi connectivity index (χ1n) is 7.90. The summed E-state index contributed by atoms with van der Waals surface area (Å²) in [5.41, 5.74) is 5.21. The van der Waals surface area contributed by atoms with Crippen molar-refractivity contribution in [3.05, 3.63) is 0 Å². The molecule has 0 spiro atoms. The van der Waals surface area contributed by atoms with Crippen molar-refractivity contribution >= 4 is 17.8 Å². The molecule has 124 valence electrons. The van der Waals surface area contributed by atoms with Crippen LogP contribution >= 0.6 is 0 Å². The highest BCUT2D eigenvalue weighted by molar-refractivity contribution is 5.88. The highest BCUT2D eigenvalue weighted by atomic mass is 16.5. The SMILES string of the molecule is CC(NC(=O)CN)C(=O)NC1CCC2C(C)CC(=O)OC2C1. The molecule has 1 saturated carbocycles. The van der Waals surface area contributed by atoms with Gasteiger partial charge in [-0.3, -0.25) is 14.4 Å². The molecule has 1 aliphatic carbocycles. The second kappa shape index (κ2) is 7.09. The van der Waals surface area contributed by atoms with Gasteiger partial charge in [0.15, 0.2) is 0 Å². The molecular weight excluding hydrogens is 286 g/mol. The van der Waals surface area contributed by atoms with Crippen LogP contribution in [0.1, 0.15) is 39.5 Å². The van der Waals surface area contributed by atoms with Crippen molar-refractivity contribution < 1.29 is 19.1 Å². The topological polar surface area (TPSA) is 111 Å². The molecule has 0 bridgehead atoms. The second-order valence-corrected chi connectivity index (χ2v) is 6.39. The summed E-state index contributed by atoms with van der Waals surface area (Å²) in [6.07, 6.45) is 2.83. The molecule has 2 rings (SSSR count). The largest absolute Gasteiger partial charge is 0.462 e. The fourth-order valence-electron chi connectivity index (χ4n) is 3.39. The fraction of sp³-hybridized carbons (Fsp3) is 0.800. The third-order valence-corrected chi connectivity index (χ3v) is 4.65. The van der Waals surface area contributed by atoms with E-state index in [0.717, 1.165) is 12.8 Å². The van der Waals surface area contributed by atoms with E-state index < -0.39 is 6.04 Å². The van der Waals surface area contributed by atoms with Crippen LogP contribution in [0.3, 0.4) is 0 Å². The molecule has 1 heterocycles. The molecule has 7 heteroatoms. The molecule has 7 nitrogen and oxygen atoms in total. The smallest absolute Gasteiger partial charge is 0.306 e. The van der Waals surface area contributed by atoms with Crippen molar-refractivity contribution in [3.63, 3.8) is 0 Å². The molecule has 1 saturated heterocycles. The molecule has 4 N–H and O–H groups in total. The molecule has 5 unspecified atom stereocenters. The van der Waals surface area contributed by atoms with Crippen LogP contribution in [0.4, 0.5) is 0 Å². The number of carbonyl (C=O) groups is 3. The normalized spacial score (nSPS) is 32.4. The lowest BCUT2D eigenvalue weighted by Crippen LogP contribution is -2.53. The van der Waals surface area contributed by atoms with Crippen molar-refractivity contribution in [2.45, 2.75) is 57.7 Å². The molecular formula is C15H25N3O4. The van der Waals surface area contributed by atoms with Crippen LogP contribution in [0.5, 0.6) is 0 Å².